The highest BCUT2D eigenvalue weighted by molar-refractivity contribution is 5.00. The summed E-state index contributed by atoms with van der Waals surface area (Å²) in [6.45, 7) is 9.46. The van der Waals surface area contributed by atoms with E-state index in [2.05, 4.69) is 12.2 Å². The second-order valence-corrected chi connectivity index (χ2v) is 3.58. The van der Waals surface area contributed by atoms with Crippen LogP contribution in [0.4, 0.5) is 0 Å². The standard InChI is InChI=1S/C8H15NO.C2H6/c1-7-8(6-9-7)2-4-10-5-3-8;1-2/h7,9H,2-6H2,1H3;1-2H3. The van der Waals surface area contributed by atoms with Crippen LogP contribution in [0.25, 0.3) is 0 Å². The Morgan fingerprint density at radius 3 is 2.08 bits per heavy atom. The second kappa shape index (κ2) is 4.24. The summed E-state index contributed by atoms with van der Waals surface area (Å²) in [7, 11) is 0. The average Bonchev–Trinajstić information content (AvgIpc) is 2.20. The molecule has 2 aliphatic rings. The van der Waals surface area contributed by atoms with Gasteiger partial charge >= 0.3 is 0 Å². The Morgan fingerprint density at radius 2 is 1.83 bits per heavy atom. The lowest BCUT2D eigenvalue weighted by molar-refractivity contribution is -0.0411. The van der Waals surface area contributed by atoms with Crippen molar-refractivity contribution in [2.75, 3.05) is 19.8 Å². The molecule has 1 atom stereocenters. The van der Waals surface area contributed by atoms with Gasteiger partial charge in [-0.3, -0.25) is 0 Å². The van der Waals surface area contributed by atoms with Crippen molar-refractivity contribution >= 4 is 0 Å². The predicted octanol–water partition coefficient (Wildman–Crippen LogP) is 1.80. The van der Waals surface area contributed by atoms with Crippen molar-refractivity contribution in [1.29, 1.82) is 0 Å². The molecule has 0 aromatic carbocycles. The summed E-state index contributed by atoms with van der Waals surface area (Å²) < 4.78 is 5.32. The summed E-state index contributed by atoms with van der Waals surface area (Å²) in [4.78, 5) is 0. The minimum atomic E-state index is 0.623. The summed E-state index contributed by atoms with van der Waals surface area (Å²) in [5.74, 6) is 0. The SMILES string of the molecule is CC.CC1NCC12CCOCC2. The molecule has 2 fully saturated rings. The van der Waals surface area contributed by atoms with Gasteiger partial charge in [0.05, 0.1) is 0 Å². The summed E-state index contributed by atoms with van der Waals surface area (Å²) >= 11 is 0. The summed E-state index contributed by atoms with van der Waals surface area (Å²) in [5, 5.41) is 3.41. The molecule has 72 valence electrons. The zero-order valence-electron chi connectivity index (χ0n) is 8.52. The van der Waals surface area contributed by atoms with E-state index in [9.17, 15) is 0 Å². The molecule has 1 N–H and O–H groups in total. The Labute approximate surface area is 75.7 Å². The molecule has 1 spiro atoms. The molecule has 1 unspecified atom stereocenters. The largest absolute Gasteiger partial charge is 0.381 e. The molecular formula is C10H21NO. The molecule has 2 saturated heterocycles. The van der Waals surface area contributed by atoms with Crippen LogP contribution in [-0.4, -0.2) is 25.8 Å². The maximum atomic E-state index is 5.32. The number of hydrogen-bond acceptors (Lipinski definition) is 2. The van der Waals surface area contributed by atoms with Gasteiger partial charge < -0.3 is 10.1 Å². The third-order valence-corrected chi connectivity index (χ3v) is 3.17. The zero-order chi connectivity index (χ0) is 9.03. The number of ether oxygens (including phenoxy) is 1. The molecule has 2 heteroatoms. The Morgan fingerprint density at radius 1 is 1.25 bits per heavy atom. The van der Waals surface area contributed by atoms with Crippen molar-refractivity contribution in [2.45, 2.75) is 39.7 Å². The van der Waals surface area contributed by atoms with Crippen LogP contribution < -0.4 is 5.32 Å². The van der Waals surface area contributed by atoms with Gasteiger partial charge in [0.2, 0.25) is 0 Å². The molecule has 2 rings (SSSR count). The van der Waals surface area contributed by atoms with Crippen LogP contribution in [0.1, 0.15) is 33.6 Å². The van der Waals surface area contributed by atoms with Crippen molar-refractivity contribution in [3.8, 4) is 0 Å². The van der Waals surface area contributed by atoms with Crippen LogP contribution in [0.2, 0.25) is 0 Å². The highest BCUT2D eigenvalue weighted by atomic mass is 16.5. The third-order valence-electron chi connectivity index (χ3n) is 3.17. The lowest BCUT2D eigenvalue weighted by Gasteiger charge is -2.51. The van der Waals surface area contributed by atoms with Crippen LogP contribution >= 0.6 is 0 Å². The minimum absolute atomic E-state index is 0.623. The van der Waals surface area contributed by atoms with Gasteiger partial charge in [-0.2, -0.15) is 0 Å². The van der Waals surface area contributed by atoms with E-state index in [0.29, 0.717) is 5.41 Å². The van der Waals surface area contributed by atoms with Crippen molar-refractivity contribution in [3.05, 3.63) is 0 Å². The fourth-order valence-electron chi connectivity index (χ4n) is 1.98. The van der Waals surface area contributed by atoms with Crippen molar-refractivity contribution in [1.82, 2.24) is 5.32 Å². The van der Waals surface area contributed by atoms with Gasteiger partial charge in [0.15, 0.2) is 0 Å². The Kier molecular flexibility index (Phi) is 3.53. The van der Waals surface area contributed by atoms with Gasteiger partial charge in [-0.05, 0) is 19.8 Å². The normalized spacial score (nSPS) is 31.8. The Hall–Kier alpha value is -0.0800. The van der Waals surface area contributed by atoms with Gasteiger partial charge in [-0.15, -0.1) is 0 Å². The van der Waals surface area contributed by atoms with Crippen LogP contribution in [0.3, 0.4) is 0 Å². The van der Waals surface area contributed by atoms with E-state index in [1.807, 2.05) is 13.8 Å². The molecule has 2 heterocycles. The van der Waals surface area contributed by atoms with E-state index in [0.717, 1.165) is 19.3 Å². The molecule has 0 radical (unpaired) electrons. The molecular weight excluding hydrogens is 150 g/mol. The summed E-state index contributed by atoms with van der Waals surface area (Å²) in [6, 6.07) is 0.733. The van der Waals surface area contributed by atoms with Gasteiger partial charge in [0, 0.05) is 31.2 Å². The molecule has 12 heavy (non-hydrogen) atoms. The molecule has 0 bridgehead atoms. The average molecular weight is 171 g/mol. The fourth-order valence-corrected chi connectivity index (χ4v) is 1.98. The summed E-state index contributed by atoms with van der Waals surface area (Å²) in [6.07, 6.45) is 2.53. The first-order valence-corrected chi connectivity index (χ1v) is 5.15. The van der Waals surface area contributed by atoms with E-state index in [-0.39, 0.29) is 0 Å². The van der Waals surface area contributed by atoms with E-state index >= 15 is 0 Å². The lowest BCUT2D eigenvalue weighted by atomic mass is 9.69. The summed E-state index contributed by atoms with van der Waals surface area (Å²) in [5.41, 5.74) is 0.623. The van der Waals surface area contributed by atoms with Crippen molar-refractivity contribution in [3.63, 3.8) is 0 Å². The van der Waals surface area contributed by atoms with E-state index in [4.69, 9.17) is 4.74 Å². The van der Waals surface area contributed by atoms with E-state index in [1.54, 1.807) is 0 Å². The van der Waals surface area contributed by atoms with Crippen LogP contribution in [0.5, 0.6) is 0 Å². The highest BCUT2D eigenvalue weighted by Gasteiger charge is 2.44. The van der Waals surface area contributed by atoms with E-state index < -0.39 is 0 Å². The topological polar surface area (TPSA) is 21.3 Å². The van der Waals surface area contributed by atoms with Gasteiger partial charge in [0.25, 0.3) is 0 Å². The fraction of sp³-hybridized carbons (Fsp3) is 1.00. The first-order valence-electron chi connectivity index (χ1n) is 5.15. The number of nitrogens with one attached hydrogen (secondary N) is 1. The maximum absolute atomic E-state index is 5.32. The van der Waals surface area contributed by atoms with Crippen LogP contribution in [-0.2, 0) is 4.74 Å². The molecule has 0 amide bonds. The molecule has 0 aromatic heterocycles. The van der Waals surface area contributed by atoms with Crippen LogP contribution in [0.15, 0.2) is 0 Å². The molecule has 0 aliphatic carbocycles. The highest BCUT2D eigenvalue weighted by Crippen LogP contribution is 2.38. The first kappa shape index (κ1) is 10.0. The Balaban J connectivity index is 0.000000336. The monoisotopic (exact) mass is 171 g/mol. The second-order valence-electron chi connectivity index (χ2n) is 3.58. The van der Waals surface area contributed by atoms with Crippen molar-refractivity contribution in [2.24, 2.45) is 5.41 Å². The lowest BCUT2D eigenvalue weighted by Crippen LogP contribution is -2.62. The van der Waals surface area contributed by atoms with E-state index in [1.165, 1.54) is 19.4 Å². The third kappa shape index (κ3) is 1.64. The van der Waals surface area contributed by atoms with Gasteiger partial charge in [0.1, 0.15) is 0 Å². The van der Waals surface area contributed by atoms with Crippen molar-refractivity contribution < 1.29 is 4.74 Å². The van der Waals surface area contributed by atoms with Crippen LogP contribution in [0, 0.1) is 5.41 Å². The maximum Gasteiger partial charge on any atom is 0.0472 e. The quantitative estimate of drug-likeness (QED) is 0.600. The molecule has 2 nitrogen and oxygen atoms in total. The predicted molar refractivity (Wildman–Crippen MR) is 51.3 cm³/mol. The number of rotatable bonds is 0. The zero-order valence-corrected chi connectivity index (χ0v) is 8.52. The minimum Gasteiger partial charge on any atom is -0.381 e. The molecule has 0 aromatic rings. The molecule has 2 aliphatic heterocycles. The molecule has 0 saturated carbocycles. The smallest absolute Gasteiger partial charge is 0.0472 e. The Bertz CT molecular complexity index is 130. The first-order chi connectivity index (χ1) is 5.83. The van der Waals surface area contributed by atoms with Gasteiger partial charge in [-0.25, -0.2) is 0 Å². The van der Waals surface area contributed by atoms with Gasteiger partial charge in [-0.1, -0.05) is 13.8 Å². The number of hydrogen-bond donors (Lipinski definition) is 1.